The van der Waals surface area contributed by atoms with Crippen molar-refractivity contribution in [2.75, 3.05) is 13.2 Å². The summed E-state index contributed by atoms with van der Waals surface area (Å²) in [4.78, 5) is 0. The Kier molecular flexibility index (Phi) is 5.38. The van der Waals surface area contributed by atoms with Gasteiger partial charge in [0.1, 0.15) is 5.82 Å². The van der Waals surface area contributed by atoms with E-state index in [4.69, 9.17) is 11.6 Å². The second-order valence-corrected chi connectivity index (χ2v) is 6.34. The van der Waals surface area contributed by atoms with Gasteiger partial charge in [-0.2, -0.15) is 0 Å². The van der Waals surface area contributed by atoms with Crippen molar-refractivity contribution < 1.29 is 14.6 Å². The molecule has 2 aromatic carbocycles. The van der Waals surface area contributed by atoms with Crippen LogP contribution >= 0.6 is 27.5 Å². The van der Waals surface area contributed by atoms with Crippen LogP contribution in [-0.4, -0.2) is 23.4 Å². The third-order valence-electron chi connectivity index (χ3n) is 3.60. The van der Waals surface area contributed by atoms with Crippen LogP contribution < -0.4 is 0 Å². The van der Waals surface area contributed by atoms with Crippen LogP contribution in [0, 0.1) is 5.82 Å². The van der Waals surface area contributed by atoms with E-state index in [2.05, 4.69) is 15.9 Å². The minimum Gasteiger partial charge on any atom is -0.395 e. The SMILES string of the molecule is OCC(CO)(Cc1cc(F)ccc1Cl)c1ccc(Br)cc1. The van der Waals surface area contributed by atoms with Gasteiger partial charge in [-0.15, -0.1) is 0 Å². The highest BCUT2D eigenvalue weighted by molar-refractivity contribution is 9.10. The Balaban J connectivity index is 2.42. The first kappa shape index (κ1) is 16.4. The number of rotatable bonds is 5. The average molecular weight is 374 g/mol. The lowest BCUT2D eigenvalue weighted by atomic mass is 9.77. The van der Waals surface area contributed by atoms with Crippen LogP contribution in [0.2, 0.25) is 5.02 Å². The van der Waals surface area contributed by atoms with Crippen LogP contribution in [0.5, 0.6) is 0 Å². The molecule has 0 spiro atoms. The third-order valence-corrected chi connectivity index (χ3v) is 4.50. The van der Waals surface area contributed by atoms with Gasteiger partial charge in [0.2, 0.25) is 0 Å². The highest BCUT2D eigenvalue weighted by Crippen LogP contribution is 2.32. The Labute approximate surface area is 136 Å². The van der Waals surface area contributed by atoms with Gasteiger partial charge in [-0.05, 0) is 47.9 Å². The van der Waals surface area contributed by atoms with E-state index in [0.717, 1.165) is 10.0 Å². The molecule has 112 valence electrons. The van der Waals surface area contributed by atoms with Gasteiger partial charge in [-0.1, -0.05) is 39.7 Å². The standard InChI is InChI=1S/C16H15BrClFO2/c17-13-3-1-12(2-4-13)16(9-20,10-21)8-11-7-14(19)5-6-15(11)18/h1-7,20-21H,8-10H2. The van der Waals surface area contributed by atoms with Crippen molar-refractivity contribution in [2.45, 2.75) is 11.8 Å². The summed E-state index contributed by atoms with van der Waals surface area (Å²) < 4.78 is 14.3. The molecule has 0 unspecified atom stereocenters. The molecule has 0 aliphatic carbocycles. The van der Waals surface area contributed by atoms with Crippen molar-refractivity contribution in [1.29, 1.82) is 0 Å². The predicted molar refractivity (Wildman–Crippen MR) is 85.1 cm³/mol. The van der Waals surface area contributed by atoms with E-state index in [9.17, 15) is 14.6 Å². The molecule has 0 aliphatic rings. The highest BCUT2D eigenvalue weighted by atomic mass is 79.9. The zero-order valence-electron chi connectivity index (χ0n) is 11.2. The van der Waals surface area contributed by atoms with Gasteiger partial charge in [-0.3, -0.25) is 0 Å². The average Bonchev–Trinajstić information content (AvgIpc) is 2.49. The molecule has 2 rings (SSSR count). The summed E-state index contributed by atoms with van der Waals surface area (Å²) in [6, 6.07) is 11.4. The van der Waals surface area contributed by atoms with Crippen LogP contribution in [-0.2, 0) is 11.8 Å². The molecular weight excluding hydrogens is 359 g/mol. The second-order valence-electron chi connectivity index (χ2n) is 5.02. The summed E-state index contributed by atoms with van der Waals surface area (Å²) >= 11 is 9.44. The smallest absolute Gasteiger partial charge is 0.123 e. The summed E-state index contributed by atoms with van der Waals surface area (Å²) in [5.74, 6) is -0.394. The molecule has 0 radical (unpaired) electrons. The van der Waals surface area contributed by atoms with Crippen LogP contribution in [0.3, 0.4) is 0 Å². The molecule has 5 heteroatoms. The molecule has 21 heavy (non-hydrogen) atoms. The Bertz CT molecular complexity index is 612. The van der Waals surface area contributed by atoms with Crippen LogP contribution in [0.25, 0.3) is 0 Å². The molecule has 0 aliphatic heterocycles. The van der Waals surface area contributed by atoms with Gasteiger partial charge in [0, 0.05) is 14.9 Å². The van der Waals surface area contributed by atoms with Gasteiger partial charge in [0.15, 0.2) is 0 Å². The first-order valence-electron chi connectivity index (χ1n) is 6.42. The molecule has 0 atom stereocenters. The molecule has 2 aromatic rings. The topological polar surface area (TPSA) is 40.5 Å². The lowest BCUT2D eigenvalue weighted by molar-refractivity contribution is 0.116. The number of aliphatic hydroxyl groups excluding tert-OH is 2. The molecule has 0 fully saturated rings. The number of hydrogen-bond acceptors (Lipinski definition) is 2. The maximum Gasteiger partial charge on any atom is 0.123 e. The molecule has 0 bridgehead atoms. The minimum absolute atomic E-state index is 0.248. The normalized spacial score (nSPS) is 11.7. The van der Waals surface area contributed by atoms with E-state index in [-0.39, 0.29) is 19.6 Å². The molecule has 0 saturated heterocycles. The fourth-order valence-electron chi connectivity index (χ4n) is 2.29. The van der Waals surface area contributed by atoms with Gasteiger partial charge in [0.05, 0.1) is 13.2 Å². The lowest BCUT2D eigenvalue weighted by Crippen LogP contribution is -2.37. The number of benzene rings is 2. The largest absolute Gasteiger partial charge is 0.395 e. The minimum atomic E-state index is -0.905. The van der Waals surface area contributed by atoms with Crippen LogP contribution in [0.4, 0.5) is 4.39 Å². The highest BCUT2D eigenvalue weighted by Gasteiger charge is 2.32. The molecule has 0 amide bonds. The van der Waals surface area contributed by atoms with Gasteiger partial charge >= 0.3 is 0 Å². The van der Waals surface area contributed by atoms with Crippen molar-refractivity contribution in [3.05, 3.63) is 68.9 Å². The van der Waals surface area contributed by atoms with Crippen LogP contribution in [0.1, 0.15) is 11.1 Å². The Hall–Kier alpha value is -0.940. The number of aliphatic hydroxyl groups is 2. The van der Waals surface area contributed by atoms with Crippen molar-refractivity contribution >= 4 is 27.5 Å². The Morgan fingerprint density at radius 1 is 1.05 bits per heavy atom. The van der Waals surface area contributed by atoms with Gasteiger partial charge in [-0.25, -0.2) is 4.39 Å². The second kappa shape index (κ2) is 6.88. The van der Waals surface area contributed by atoms with E-state index >= 15 is 0 Å². The molecule has 0 saturated carbocycles. The predicted octanol–water partition coefficient (Wildman–Crippen LogP) is 3.71. The number of hydrogen-bond donors (Lipinski definition) is 2. The summed E-state index contributed by atoms with van der Waals surface area (Å²) in [6.45, 7) is -0.532. The van der Waals surface area contributed by atoms with E-state index in [1.807, 2.05) is 24.3 Å². The molecular formula is C16H15BrClFO2. The fourth-order valence-corrected chi connectivity index (χ4v) is 2.74. The fraction of sp³-hybridized carbons (Fsp3) is 0.250. The summed E-state index contributed by atoms with van der Waals surface area (Å²) in [6.07, 6.45) is 0.248. The van der Waals surface area contributed by atoms with Crippen LogP contribution in [0.15, 0.2) is 46.9 Å². The zero-order chi connectivity index (χ0) is 15.5. The van der Waals surface area contributed by atoms with Gasteiger partial charge < -0.3 is 10.2 Å². The maximum absolute atomic E-state index is 13.4. The van der Waals surface area contributed by atoms with Crippen molar-refractivity contribution in [3.8, 4) is 0 Å². The van der Waals surface area contributed by atoms with E-state index < -0.39 is 11.2 Å². The third kappa shape index (κ3) is 3.64. The quantitative estimate of drug-likeness (QED) is 0.839. The van der Waals surface area contributed by atoms with E-state index in [1.54, 1.807) is 0 Å². The first-order chi connectivity index (χ1) is 10.0. The van der Waals surface area contributed by atoms with E-state index in [1.165, 1.54) is 18.2 Å². The van der Waals surface area contributed by atoms with Crippen molar-refractivity contribution in [3.63, 3.8) is 0 Å². The van der Waals surface area contributed by atoms with Crippen molar-refractivity contribution in [1.82, 2.24) is 0 Å². The van der Waals surface area contributed by atoms with Gasteiger partial charge in [0.25, 0.3) is 0 Å². The van der Waals surface area contributed by atoms with Crippen molar-refractivity contribution in [2.24, 2.45) is 0 Å². The molecule has 0 aromatic heterocycles. The number of halogens is 3. The summed E-state index contributed by atoms with van der Waals surface area (Å²) in [7, 11) is 0. The first-order valence-corrected chi connectivity index (χ1v) is 7.59. The summed E-state index contributed by atoms with van der Waals surface area (Å²) in [5, 5.41) is 20.0. The van der Waals surface area contributed by atoms with E-state index in [0.29, 0.717) is 10.6 Å². The summed E-state index contributed by atoms with van der Waals surface area (Å²) in [5.41, 5.74) is 0.428. The zero-order valence-corrected chi connectivity index (χ0v) is 13.5. The Morgan fingerprint density at radius 2 is 1.67 bits per heavy atom. The lowest BCUT2D eigenvalue weighted by Gasteiger charge is -2.31. The maximum atomic E-state index is 13.4. The molecule has 2 nitrogen and oxygen atoms in total. The monoisotopic (exact) mass is 372 g/mol. The molecule has 0 heterocycles. The molecule has 2 N–H and O–H groups in total. The Morgan fingerprint density at radius 3 is 2.24 bits per heavy atom.